The molecule has 2 aromatic carbocycles. The Kier molecular flexibility index (Phi) is 14.6. The van der Waals surface area contributed by atoms with Crippen molar-refractivity contribution in [1.29, 1.82) is 0 Å². The van der Waals surface area contributed by atoms with Crippen LogP contribution in [0.2, 0.25) is 0 Å². The standard InChI is InChI=1S/C25H28N6O4S.C25H28N6O2S/c1-29-15-20(12-27-29)22-13-26-23-24(36(2,33)34)28-21(16-31(22)23)10-11-30(14-18-8-9-18)25(32)35-17-19-6-4-3-5-7-19;1-29-15-20(12-27-29)22-13-26-23-24(34-2)28-21(16-31(22)23)10-11-30(14-18-8-9-18)25(32)33-17-19-6-4-3-5-7-19/h3-7,12-13,15-16,18H,8-11,14,17H2,1-2H3;3-7,12-13,15-16,18H,8-11,14,17H2,1-2H3. The van der Waals surface area contributed by atoms with Gasteiger partial charge in [0.1, 0.15) is 18.2 Å². The first-order valence-corrected chi connectivity index (χ1v) is 26.4. The number of rotatable bonds is 18. The van der Waals surface area contributed by atoms with Gasteiger partial charge in [0.25, 0.3) is 0 Å². The van der Waals surface area contributed by atoms with Gasteiger partial charge in [0.2, 0.25) is 0 Å². The predicted octanol–water partition coefficient (Wildman–Crippen LogP) is 7.57. The second-order valence-corrected chi connectivity index (χ2v) is 20.6. The van der Waals surface area contributed by atoms with Gasteiger partial charge < -0.3 is 19.3 Å². The number of aromatic nitrogens is 10. The summed E-state index contributed by atoms with van der Waals surface area (Å²) in [4.78, 5) is 47.5. The number of thioether (sulfide) groups is 1. The number of nitrogens with zero attached hydrogens (tertiary/aromatic N) is 12. The highest BCUT2D eigenvalue weighted by Gasteiger charge is 2.29. The van der Waals surface area contributed by atoms with Crippen molar-refractivity contribution in [2.24, 2.45) is 25.9 Å². The predicted molar refractivity (Wildman–Crippen MR) is 265 cm³/mol. The van der Waals surface area contributed by atoms with E-state index in [1.807, 2.05) is 117 Å². The van der Waals surface area contributed by atoms with Gasteiger partial charge in [-0.05, 0) is 54.9 Å². The Bertz CT molecular complexity index is 3200. The molecule has 20 heteroatoms. The molecule has 6 heterocycles. The summed E-state index contributed by atoms with van der Waals surface area (Å²) in [6.07, 6.45) is 22.7. The van der Waals surface area contributed by atoms with E-state index in [9.17, 15) is 18.0 Å². The molecule has 8 aromatic rings. The molecule has 0 radical (unpaired) electrons. The summed E-state index contributed by atoms with van der Waals surface area (Å²) in [7, 11) is 0.0744. The van der Waals surface area contributed by atoms with Crippen molar-refractivity contribution in [3.8, 4) is 22.5 Å². The number of benzene rings is 2. The summed E-state index contributed by atoms with van der Waals surface area (Å²) in [5.74, 6) is 1.05. The van der Waals surface area contributed by atoms with Gasteiger partial charge in [-0.3, -0.25) is 18.2 Å². The van der Waals surface area contributed by atoms with Gasteiger partial charge in [0.15, 0.2) is 26.2 Å². The van der Waals surface area contributed by atoms with E-state index in [2.05, 4.69) is 29.5 Å². The number of carbonyl (C=O) groups excluding carboxylic acids is 2. The van der Waals surface area contributed by atoms with Crippen LogP contribution in [0, 0.1) is 11.8 Å². The highest BCUT2D eigenvalue weighted by atomic mass is 32.2. The van der Waals surface area contributed by atoms with Crippen LogP contribution in [0.15, 0.2) is 120 Å². The maximum absolute atomic E-state index is 12.9. The zero-order valence-corrected chi connectivity index (χ0v) is 41.3. The average Bonchev–Trinajstić information content (AvgIpc) is 4.15. The van der Waals surface area contributed by atoms with E-state index in [0.29, 0.717) is 55.7 Å². The number of hydrogen-bond acceptors (Lipinski definition) is 13. The Hall–Kier alpha value is -7.06. The van der Waals surface area contributed by atoms with Gasteiger partial charge in [0.05, 0.1) is 47.6 Å². The SMILES string of the molecule is CSc1nc(CCN(CC2CC2)C(=O)OCc2ccccc2)cn2c(-c3cnn(C)c3)cnc12.Cn1cc(-c2cnc3c(S(C)(=O)=O)nc(CCN(CC4CC4)C(=O)OCc4ccccc4)cn23)cn1. The van der Waals surface area contributed by atoms with Crippen molar-refractivity contribution in [2.45, 2.75) is 61.8 Å². The molecule has 0 atom stereocenters. The van der Waals surface area contributed by atoms with Gasteiger partial charge >= 0.3 is 12.2 Å². The Balaban J connectivity index is 0.000000174. The van der Waals surface area contributed by atoms with E-state index < -0.39 is 9.84 Å². The fourth-order valence-corrected chi connectivity index (χ4v) is 9.34. The Morgan fingerprint density at radius 1 is 0.657 bits per heavy atom. The summed E-state index contributed by atoms with van der Waals surface area (Å²) in [6, 6.07) is 19.3. The monoisotopic (exact) mass is 984 g/mol. The van der Waals surface area contributed by atoms with Crippen LogP contribution in [-0.2, 0) is 59.5 Å². The Morgan fingerprint density at radius 2 is 1.11 bits per heavy atom. The first-order valence-electron chi connectivity index (χ1n) is 23.3. The summed E-state index contributed by atoms with van der Waals surface area (Å²) in [6.45, 7) is 2.76. The zero-order valence-electron chi connectivity index (χ0n) is 39.7. The van der Waals surface area contributed by atoms with Gasteiger partial charge in [0, 0.05) is 95.3 Å². The molecule has 2 fully saturated rings. The van der Waals surface area contributed by atoms with Crippen molar-refractivity contribution >= 4 is 45.1 Å². The molecule has 10 rings (SSSR count). The molecule has 18 nitrogen and oxygen atoms in total. The van der Waals surface area contributed by atoms with E-state index >= 15 is 0 Å². The third-order valence-electron chi connectivity index (χ3n) is 12.1. The van der Waals surface area contributed by atoms with Crippen LogP contribution in [0.1, 0.15) is 48.2 Å². The number of imidazole rings is 2. The molecule has 2 saturated carbocycles. The van der Waals surface area contributed by atoms with Gasteiger partial charge in [-0.1, -0.05) is 60.7 Å². The van der Waals surface area contributed by atoms with E-state index in [1.54, 1.807) is 49.0 Å². The lowest BCUT2D eigenvalue weighted by atomic mass is 10.2. The first-order chi connectivity index (χ1) is 33.9. The van der Waals surface area contributed by atoms with Gasteiger partial charge in [-0.15, -0.1) is 11.8 Å². The largest absolute Gasteiger partial charge is 0.445 e. The fourth-order valence-electron chi connectivity index (χ4n) is 8.04. The number of hydrogen-bond donors (Lipinski definition) is 0. The normalized spacial score (nSPS) is 13.5. The van der Waals surface area contributed by atoms with E-state index in [0.717, 1.165) is 70.0 Å². The Labute approximate surface area is 410 Å². The summed E-state index contributed by atoms with van der Waals surface area (Å²) < 4.78 is 43.6. The fraction of sp³-hybridized carbons (Fsp3) is 0.360. The summed E-state index contributed by atoms with van der Waals surface area (Å²) in [5.41, 5.74) is 7.94. The maximum atomic E-state index is 12.9. The molecule has 0 bridgehead atoms. The lowest BCUT2D eigenvalue weighted by Gasteiger charge is -2.22. The minimum absolute atomic E-state index is 0.0875. The van der Waals surface area contributed by atoms with Crippen molar-refractivity contribution in [3.63, 3.8) is 0 Å². The molecule has 2 aliphatic rings. The smallest absolute Gasteiger partial charge is 0.410 e. The van der Waals surface area contributed by atoms with Crippen LogP contribution in [-0.4, -0.2) is 117 Å². The topological polar surface area (TPSA) is 189 Å². The zero-order chi connectivity index (χ0) is 48.8. The molecule has 364 valence electrons. The number of ether oxygens (including phenoxy) is 2. The molecule has 0 saturated heterocycles. The maximum Gasteiger partial charge on any atom is 0.410 e. The van der Waals surface area contributed by atoms with E-state index in [-0.39, 0.29) is 36.1 Å². The molecule has 2 aliphatic carbocycles. The number of sulfone groups is 1. The summed E-state index contributed by atoms with van der Waals surface area (Å²) >= 11 is 1.57. The second-order valence-electron chi connectivity index (χ2n) is 17.9. The van der Waals surface area contributed by atoms with Crippen LogP contribution < -0.4 is 0 Å². The van der Waals surface area contributed by atoms with Crippen LogP contribution in [0.3, 0.4) is 0 Å². The number of carbonyl (C=O) groups is 2. The Morgan fingerprint density at radius 3 is 1.54 bits per heavy atom. The lowest BCUT2D eigenvalue weighted by Crippen LogP contribution is -2.35. The van der Waals surface area contributed by atoms with Crippen LogP contribution in [0.25, 0.3) is 33.8 Å². The van der Waals surface area contributed by atoms with Gasteiger partial charge in [-0.25, -0.2) is 37.9 Å². The van der Waals surface area contributed by atoms with Gasteiger partial charge in [-0.2, -0.15) is 10.2 Å². The van der Waals surface area contributed by atoms with Crippen LogP contribution >= 0.6 is 11.8 Å². The number of fused-ring (bicyclic) bond motifs is 2. The summed E-state index contributed by atoms with van der Waals surface area (Å²) in [5, 5.41) is 9.28. The second kappa shape index (κ2) is 21.3. The number of aryl methyl sites for hydroxylation is 2. The average molecular weight is 985 g/mol. The van der Waals surface area contributed by atoms with E-state index in [1.165, 1.54) is 12.8 Å². The molecule has 0 unspecified atom stereocenters. The van der Waals surface area contributed by atoms with Crippen molar-refractivity contribution < 1.29 is 27.5 Å². The van der Waals surface area contributed by atoms with Crippen molar-refractivity contribution in [3.05, 3.63) is 133 Å². The van der Waals surface area contributed by atoms with Crippen molar-refractivity contribution in [2.75, 3.05) is 38.7 Å². The third kappa shape index (κ3) is 12.0. The molecule has 6 aromatic heterocycles. The molecular weight excluding hydrogens is 929 g/mol. The van der Waals surface area contributed by atoms with Crippen molar-refractivity contribution in [1.82, 2.24) is 58.1 Å². The quantitative estimate of drug-likeness (QED) is 0.0767. The number of amides is 2. The molecule has 0 spiro atoms. The highest BCUT2D eigenvalue weighted by Crippen LogP contribution is 2.32. The molecule has 0 aliphatic heterocycles. The lowest BCUT2D eigenvalue weighted by molar-refractivity contribution is 0.0941. The minimum atomic E-state index is -3.64. The molecule has 0 N–H and O–H groups in total. The van der Waals surface area contributed by atoms with E-state index in [4.69, 9.17) is 14.5 Å². The van der Waals surface area contributed by atoms with Crippen LogP contribution in [0.5, 0.6) is 0 Å². The third-order valence-corrected chi connectivity index (χ3v) is 13.8. The first kappa shape index (κ1) is 48.0. The van der Waals surface area contributed by atoms with Crippen LogP contribution in [0.4, 0.5) is 9.59 Å². The molecule has 70 heavy (non-hydrogen) atoms. The minimum Gasteiger partial charge on any atom is -0.445 e. The highest BCUT2D eigenvalue weighted by molar-refractivity contribution is 7.98. The molecule has 2 amide bonds. The molecular formula is C50H56N12O6S2.